The minimum absolute atomic E-state index is 0.518. The Bertz CT molecular complexity index is 473. The van der Waals surface area contributed by atoms with Crippen LogP contribution in [0.5, 0.6) is 5.75 Å². The summed E-state index contributed by atoms with van der Waals surface area (Å²) < 4.78 is 5.23. The smallest absolute Gasteiger partial charge is 0.119 e. The van der Waals surface area contributed by atoms with Crippen LogP contribution in [0.25, 0.3) is 0 Å². The van der Waals surface area contributed by atoms with Gasteiger partial charge in [0.05, 0.1) is 12.7 Å². The van der Waals surface area contributed by atoms with E-state index in [1.807, 2.05) is 26.0 Å². The second-order valence-electron chi connectivity index (χ2n) is 7.73. The summed E-state index contributed by atoms with van der Waals surface area (Å²) in [6.07, 6.45) is 5.43. The Balaban J connectivity index is 1.70. The molecule has 1 aliphatic rings. The van der Waals surface area contributed by atoms with Gasteiger partial charge in [-0.05, 0) is 77.1 Å². The third-order valence-corrected chi connectivity index (χ3v) is 4.88. The molecule has 4 nitrogen and oxygen atoms in total. The molecule has 1 fully saturated rings. The first-order valence-electron chi connectivity index (χ1n) is 9.25. The van der Waals surface area contributed by atoms with Gasteiger partial charge in [-0.1, -0.05) is 0 Å². The van der Waals surface area contributed by atoms with Crippen LogP contribution in [0.2, 0.25) is 0 Å². The second-order valence-corrected chi connectivity index (χ2v) is 7.73. The lowest BCUT2D eigenvalue weighted by molar-refractivity contribution is 0.0673. The lowest BCUT2D eigenvalue weighted by Crippen LogP contribution is -2.45. The van der Waals surface area contributed by atoms with E-state index in [0.717, 1.165) is 38.1 Å². The number of anilines is 1. The standard InChI is InChI=1S/C20H34N2O2/c1-16(6-5-13-20(2,3)23)21-17-11-14-22(15-12-17)18-7-9-19(24-4)10-8-18/h7-10,16-17,21,23H,5-6,11-15H2,1-4H3/t16-/m0/s1. The zero-order valence-corrected chi connectivity index (χ0v) is 15.7. The number of nitrogens with one attached hydrogen (secondary N) is 1. The summed E-state index contributed by atoms with van der Waals surface area (Å²) in [5.74, 6) is 0.912. The lowest BCUT2D eigenvalue weighted by atomic mass is 9.98. The molecule has 1 aromatic carbocycles. The van der Waals surface area contributed by atoms with Gasteiger partial charge in [0, 0.05) is 30.9 Å². The molecule has 1 atom stereocenters. The highest BCUT2D eigenvalue weighted by Gasteiger charge is 2.21. The molecule has 2 N–H and O–H groups in total. The van der Waals surface area contributed by atoms with Crippen LogP contribution in [0.1, 0.15) is 52.9 Å². The number of hydrogen-bond donors (Lipinski definition) is 2. The van der Waals surface area contributed by atoms with Crippen LogP contribution in [0, 0.1) is 0 Å². The molecule has 1 saturated heterocycles. The first kappa shape index (κ1) is 19.1. The molecule has 0 spiro atoms. The molecule has 1 aliphatic heterocycles. The van der Waals surface area contributed by atoms with E-state index < -0.39 is 5.60 Å². The van der Waals surface area contributed by atoms with Crippen molar-refractivity contribution in [2.75, 3.05) is 25.1 Å². The monoisotopic (exact) mass is 334 g/mol. The zero-order chi connectivity index (χ0) is 17.6. The SMILES string of the molecule is COc1ccc(N2CCC(N[C@@H](C)CCCC(C)(C)O)CC2)cc1. The number of piperidine rings is 1. The van der Waals surface area contributed by atoms with Crippen molar-refractivity contribution in [2.45, 2.75) is 70.6 Å². The first-order chi connectivity index (χ1) is 11.4. The summed E-state index contributed by atoms with van der Waals surface area (Å²) in [6.45, 7) is 8.24. The summed E-state index contributed by atoms with van der Waals surface area (Å²) >= 11 is 0. The topological polar surface area (TPSA) is 44.7 Å². The summed E-state index contributed by atoms with van der Waals surface area (Å²) in [4.78, 5) is 2.45. The molecule has 0 amide bonds. The Labute approximate surface area is 147 Å². The van der Waals surface area contributed by atoms with Crippen LogP contribution in [0.4, 0.5) is 5.69 Å². The molecule has 2 rings (SSSR count). The van der Waals surface area contributed by atoms with Gasteiger partial charge < -0.3 is 20.1 Å². The van der Waals surface area contributed by atoms with Gasteiger partial charge in [0.25, 0.3) is 0 Å². The molecule has 0 bridgehead atoms. The number of ether oxygens (including phenoxy) is 1. The van der Waals surface area contributed by atoms with Crippen molar-refractivity contribution < 1.29 is 9.84 Å². The predicted octanol–water partition coefficient (Wildman–Crippen LogP) is 3.58. The first-order valence-corrected chi connectivity index (χ1v) is 9.25. The molecule has 0 aliphatic carbocycles. The van der Waals surface area contributed by atoms with Gasteiger partial charge in [-0.25, -0.2) is 0 Å². The van der Waals surface area contributed by atoms with Crippen LogP contribution in [-0.2, 0) is 0 Å². The van der Waals surface area contributed by atoms with Gasteiger partial charge in [-0.15, -0.1) is 0 Å². The number of benzene rings is 1. The Kier molecular flexibility index (Phi) is 6.93. The zero-order valence-electron chi connectivity index (χ0n) is 15.7. The molecule has 0 radical (unpaired) electrons. The van der Waals surface area contributed by atoms with Crippen LogP contribution < -0.4 is 15.0 Å². The number of hydrogen-bond acceptors (Lipinski definition) is 4. The fraction of sp³-hybridized carbons (Fsp3) is 0.700. The number of methoxy groups -OCH3 is 1. The Morgan fingerprint density at radius 3 is 2.42 bits per heavy atom. The molecule has 4 heteroatoms. The maximum Gasteiger partial charge on any atom is 0.119 e. The van der Waals surface area contributed by atoms with Crippen LogP contribution >= 0.6 is 0 Å². The van der Waals surface area contributed by atoms with Gasteiger partial charge in [-0.2, -0.15) is 0 Å². The minimum atomic E-state index is -0.538. The van der Waals surface area contributed by atoms with Gasteiger partial charge in [0.2, 0.25) is 0 Å². The Morgan fingerprint density at radius 1 is 1.25 bits per heavy atom. The van der Waals surface area contributed by atoms with Gasteiger partial charge >= 0.3 is 0 Å². The Morgan fingerprint density at radius 2 is 1.88 bits per heavy atom. The lowest BCUT2D eigenvalue weighted by Gasteiger charge is -2.35. The molecule has 0 saturated carbocycles. The van der Waals surface area contributed by atoms with Crippen LogP contribution in [0.15, 0.2) is 24.3 Å². The van der Waals surface area contributed by atoms with Crippen LogP contribution in [0.3, 0.4) is 0 Å². The molecular weight excluding hydrogens is 300 g/mol. The third kappa shape index (κ3) is 6.33. The van der Waals surface area contributed by atoms with Crippen molar-refractivity contribution in [3.05, 3.63) is 24.3 Å². The van der Waals surface area contributed by atoms with Crippen molar-refractivity contribution in [3.63, 3.8) is 0 Å². The molecular formula is C20H34N2O2. The fourth-order valence-electron chi connectivity index (χ4n) is 3.42. The maximum atomic E-state index is 9.79. The molecule has 24 heavy (non-hydrogen) atoms. The highest BCUT2D eigenvalue weighted by Crippen LogP contribution is 2.23. The van der Waals surface area contributed by atoms with Gasteiger partial charge in [0.15, 0.2) is 0 Å². The molecule has 1 heterocycles. The van der Waals surface area contributed by atoms with Crippen molar-refractivity contribution in [2.24, 2.45) is 0 Å². The maximum absolute atomic E-state index is 9.79. The van der Waals surface area contributed by atoms with Crippen molar-refractivity contribution in [3.8, 4) is 5.75 Å². The summed E-state index contributed by atoms with van der Waals surface area (Å²) in [7, 11) is 1.70. The van der Waals surface area contributed by atoms with E-state index in [-0.39, 0.29) is 0 Å². The van der Waals surface area contributed by atoms with E-state index in [0.29, 0.717) is 12.1 Å². The molecule has 1 aromatic rings. The highest BCUT2D eigenvalue weighted by molar-refractivity contribution is 5.49. The number of rotatable bonds is 8. The largest absolute Gasteiger partial charge is 0.497 e. The van der Waals surface area contributed by atoms with E-state index >= 15 is 0 Å². The quantitative estimate of drug-likeness (QED) is 0.763. The third-order valence-electron chi connectivity index (χ3n) is 4.88. The minimum Gasteiger partial charge on any atom is -0.497 e. The predicted molar refractivity (Wildman–Crippen MR) is 101 cm³/mol. The average molecular weight is 335 g/mol. The van der Waals surface area contributed by atoms with Gasteiger partial charge in [-0.3, -0.25) is 0 Å². The van der Waals surface area contributed by atoms with E-state index in [4.69, 9.17) is 4.74 Å². The highest BCUT2D eigenvalue weighted by atomic mass is 16.5. The van der Waals surface area contributed by atoms with E-state index in [9.17, 15) is 5.11 Å². The normalized spacial score (nSPS) is 17.8. The van der Waals surface area contributed by atoms with Crippen LogP contribution in [-0.4, -0.2) is 43.0 Å². The van der Waals surface area contributed by atoms with E-state index in [1.54, 1.807) is 7.11 Å². The van der Waals surface area contributed by atoms with Crippen molar-refractivity contribution >= 4 is 5.69 Å². The average Bonchev–Trinajstić information content (AvgIpc) is 2.54. The number of aliphatic hydroxyl groups is 1. The van der Waals surface area contributed by atoms with Crippen molar-refractivity contribution in [1.82, 2.24) is 5.32 Å². The molecule has 0 unspecified atom stereocenters. The Hall–Kier alpha value is -1.26. The second kappa shape index (κ2) is 8.72. The van der Waals surface area contributed by atoms with Gasteiger partial charge in [0.1, 0.15) is 5.75 Å². The fourth-order valence-corrected chi connectivity index (χ4v) is 3.42. The number of nitrogens with zero attached hydrogens (tertiary/aromatic N) is 1. The van der Waals surface area contributed by atoms with E-state index in [1.165, 1.54) is 18.5 Å². The molecule has 0 aromatic heterocycles. The summed E-state index contributed by atoms with van der Waals surface area (Å²) in [5.41, 5.74) is 0.746. The summed E-state index contributed by atoms with van der Waals surface area (Å²) in [5, 5.41) is 13.6. The van der Waals surface area contributed by atoms with Crippen molar-refractivity contribution in [1.29, 1.82) is 0 Å². The molecule has 136 valence electrons. The summed E-state index contributed by atoms with van der Waals surface area (Å²) in [6, 6.07) is 9.48. The van der Waals surface area contributed by atoms with E-state index in [2.05, 4.69) is 29.3 Å².